The van der Waals surface area contributed by atoms with E-state index in [0.717, 1.165) is 12.4 Å². The number of nitrogens with two attached hydrogens (primary N) is 1. The van der Waals surface area contributed by atoms with Gasteiger partial charge in [-0.05, 0) is 12.7 Å². The van der Waals surface area contributed by atoms with Crippen molar-refractivity contribution in [1.29, 1.82) is 5.41 Å². The molecular formula is C13H19FIN4PS. The summed E-state index contributed by atoms with van der Waals surface area (Å²) in [7, 11) is 0. The van der Waals surface area contributed by atoms with Gasteiger partial charge in [0.2, 0.25) is 0 Å². The number of anilines is 1. The largest absolute Gasteiger partial charge is 0.397 e. The Morgan fingerprint density at radius 3 is 2.52 bits per heavy atom. The number of nitrogens with zero attached hydrogens (tertiary/aromatic N) is 1. The third-order valence-corrected chi connectivity index (χ3v) is 2.64. The molecule has 0 amide bonds. The van der Waals surface area contributed by atoms with Gasteiger partial charge in [-0.2, -0.15) is 5.10 Å². The number of aromatic amines is 1. The fourth-order valence-electron chi connectivity index (χ4n) is 1.50. The van der Waals surface area contributed by atoms with Crippen LogP contribution in [0.1, 0.15) is 19.4 Å². The Kier molecular flexibility index (Phi) is 10.6. The first-order valence-electron chi connectivity index (χ1n) is 6.14. The number of halogens is 2. The van der Waals surface area contributed by atoms with Gasteiger partial charge in [0.15, 0.2) is 0 Å². The zero-order chi connectivity index (χ0) is 16.4. The Bertz CT molecular complexity index is 564. The summed E-state index contributed by atoms with van der Waals surface area (Å²) in [5.74, 6) is -0.473. The van der Waals surface area contributed by atoms with Crippen molar-refractivity contribution in [3.8, 4) is 11.1 Å². The van der Waals surface area contributed by atoms with Gasteiger partial charge in [0, 0.05) is 34.0 Å². The molecular weight excluding hydrogens is 421 g/mol. The van der Waals surface area contributed by atoms with Crippen LogP contribution in [0.2, 0.25) is 0 Å². The predicted octanol–water partition coefficient (Wildman–Crippen LogP) is 4.76. The van der Waals surface area contributed by atoms with E-state index < -0.39 is 5.82 Å². The van der Waals surface area contributed by atoms with Crippen LogP contribution in [0.3, 0.4) is 0 Å². The van der Waals surface area contributed by atoms with Crippen LogP contribution in [0.4, 0.5) is 10.1 Å². The van der Waals surface area contributed by atoms with Gasteiger partial charge in [-0.1, -0.05) is 42.1 Å². The molecule has 0 saturated carbocycles. The normalized spacial score (nSPS) is 9.62. The molecule has 0 saturated heterocycles. The van der Waals surface area contributed by atoms with E-state index >= 15 is 0 Å². The minimum Gasteiger partial charge on any atom is -0.397 e. The summed E-state index contributed by atoms with van der Waals surface area (Å²) < 4.78 is 13.8. The zero-order valence-electron chi connectivity index (χ0n) is 12.0. The van der Waals surface area contributed by atoms with Crippen molar-refractivity contribution in [2.75, 3.05) is 12.4 Å². The van der Waals surface area contributed by atoms with Crippen molar-refractivity contribution in [3.63, 3.8) is 0 Å². The van der Waals surface area contributed by atoms with E-state index in [1.807, 2.05) is 13.8 Å². The molecule has 4 nitrogen and oxygen atoms in total. The van der Waals surface area contributed by atoms with Crippen molar-refractivity contribution in [3.05, 3.63) is 29.8 Å². The van der Waals surface area contributed by atoms with Gasteiger partial charge in [0.05, 0.1) is 11.9 Å². The number of H-pyrrole nitrogens is 1. The molecule has 0 fully saturated rings. The predicted molar refractivity (Wildman–Crippen MR) is 103 cm³/mol. The van der Waals surface area contributed by atoms with Crippen LogP contribution in [0, 0.1) is 11.2 Å². The first kappa shape index (κ1) is 20.3. The summed E-state index contributed by atoms with van der Waals surface area (Å²) >= 11 is 6.36. The molecule has 0 aliphatic carbocycles. The molecule has 116 valence electrons. The lowest BCUT2D eigenvalue weighted by atomic mass is 10.0. The van der Waals surface area contributed by atoms with Gasteiger partial charge in [0.1, 0.15) is 5.82 Å². The zero-order valence-corrected chi connectivity index (χ0v) is 16.1. The van der Waals surface area contributed by atoms with Gasteiger partial charge in [0.25, 0.3) is 0 Å². The van der Waals surface area contributed by atoms with Crippen LogP contribution in [0.25, 0.3) is 11.1 Å². The van der Waals surface area contributed by atoms with Gasteiger partial charge >= 0.3 is 0 Å². The number of nitrogen functional groups attached to an aromatic ring is 1. The number of benzene rings is 1. The van der Waals surface area contributed by atoms with Gasteiger partial charge < -0.3 is 11.1 Å². The molecule has 1 aromatic carbocycles. The van der Waals surface area contributed by atoms with Gasteiger partial charge in [-0.3, -0.25) is 5.10 Å². The van der Waals surface area contributed by atoms with E-state index in [2.05, 4.69) is 51.5 Å². The van der Waals surface area contributed by atoms with Crippen molar-refractivity contribution in [1.82, 2.24) is 10.2 Å². The van der Waals surface area contributed by atoms with Crippen molar-refractivity contribution >= 4 is 52.8 Å². The Labute approximate surface area is 144 Å². The first-order valence-corrected chi connectivity index (χ1v) is 11.2. The van der Waals surface area contributed by atoms with Crippen LogP contribution in [-0.4, -0.2) is 23.1 Å². The smallest absolute Gasteiger partial charge is 0.133 e. The molecule has 0 spiro atoms. The molecule has 2 aromatic rings. The van der Waals surface area contributed by atoms with E-state index in [9.17, 15) is 4.39 Å². The maximum atomic E-state index is 13.8. The second kappa shape index (κ2) is 11.0. The lowest BCUT2D eigenvalue weighted by molar-refractivity contribution is 0.628. The number of thiol groups is 1. The molecule has 0 aliphatic heterocycles. The van der Waals surface area contributed by atoms with Crippen LogP contribution in [-0.2, 0) is 0 Å². The number of hydrogen-bond donors (Lipinski definition) is 4. The number of aromatic nitrogens is 2. The SMILES string of the molecule is CC.CPI.N=Cc1c(N)c(S)cc(F)c1-c1cn[nH]c1. The molecule has 21 heavy (non-hydrogen) atoms. The highest BCUT2D eigenvalue weighted by Crippen LogP contribution is 2.32. The van der Waals surface area contributed by atoms with E-state index in [0.29, 0.717) is 16.0 Å². The highest BCUT2D eigenvalue weighted by Gasteiger charge is 2.15. The Morgan fingerprint density at radius 2 is 2.10 bits per heavy atom. The molecule has 0 bridgehead atoms. The number of hydrogen-bond acceptors (Lipinski definition) is 4. The molecule has 4 N–H and O–H groups in total. The summed E-state index contributed by atoms with van der Waals surface area (Å²) in [6.45, 7) is 6.14. The Hall–Kier alpha value is -0.660. The topological polar surface area (TPSA) is 78.6 Å². The Balaban J connectivity index is 0.000000713. The molecule has 1 atom stereocenters. The highest BCUT2D eigenvalue weighted by atomic mass is 127. The average molecular weight is 440 g/mol. The minimum absolute atomic E-state index is 0.263. The van der Waals surface area contributed by atoms with E-state index in [4.69, 9.17) is 11.1 Å². The summed E-state index contributed by atoms with van der Waals surface area (Å²) in [6, 6.07) is 1.23. The van der Waals surface area contributed by atoms with Crippen molar-refractivity contribution < 1.29 is 4.39 Å². The van der Waals surface area contributed by atoms with E-state index in [1.165, 1.54) is 12.3 Å². The van der Waals surface area contributed by atoms with E-state index in [-0.39, 0.29) is 11.3 Å². The molecule has 2 rings (SSSR count). The van der Waals surface area contributed by atoms with E-state index in [1.54, 1.807) is 6.20 Å². The maximum Gasteiger partial charge on any atom is 0.133 e. The first-order chi connectivity index (χ1) is 10.1. The fourth-order valence-corrected chi connectivity index (χ4v) is 1.74. The highest BCUT2D eigenvalue weighted by molar-refractivity contribution is 14.2. The molecule has 1 unspecified atom stereocenters. The summed E-state index contributed by atoms with van der Waals surface area (Å²) in [5, 5.41) is 13.6. The van der Waals surface area contributed by atoms with Crippen LogP contribution in [0.5, 0.6) is 0 Å². The maximum absolute atomic E-state index is 13.8. The molecule has 1 heterocycles. The molecule has 1 aromatic heterocycles. The summed E-state index contributed by atoms with van der Waals surface area (Å²) in [4.78, 5) is 0.322. The third-order valence-electron chi connectivity index (χ3n) is 2.27. The van der Waals surface area contributed by atoms with Crippen LogP contribution in [0.15, 0.2) is 23.4 Å². The summed E-state index contributed by atoms with van der Waals surface area (Å²) in [6.07, 6.45) is 5.09. The standard InChI is InChI=1S/C10H9FN4S.C2H6.CH4IP/c11-7-1-8(16)10(13)6(2-12)9(7)5-3-14-15-4-5;1-2;1-3-2/h1-4,12,16H,13H2,(H,14,15);1-2H3;3H,1H3. The summed E-state index contributed by atoms with van der Waals surface area (Å²) in [5.41, 5.74) is 7.16. The fraction of sp³-hybridized carbons (Fsp3) is 0.231. The lowest BCUT2D eigenvalue weighted by Crippen LogP contribution is -2.00. The number of rotatable bonds is 2. The molecule has 0 aliphatic rings. The third kappa shape index (κ3) is 5.56. The van der Waals surface area contributed by atoms with Crippen LogP contribution < -0.4 is 5.73 Å². The van der Waals surface area contributed by atoms with Crippen molar-refractivity contribution in [2.24, 2.45) is 0 Å². The average Bonchev–Trinajstić information content (AvgIpc) is 2.99. The monoisotopic (exact) mass is 440 g/mol. The lowest BCUT2D eigenvalue weighted by Gasteiger charge is -2.10. The quantitative estimate of drug-likeness (QED) is 0.179. The number of nitrogens with one attached hydrogen (secondary N) is 2. The minimum atomic E-state index is -0.473. The molecule has 8 heteroatoms. The second-order valence-electron chi connectivity index (χ2n) is 3.40. The second-order valence-corrected chi connectivity index (χ2v) is 7.50. The van der Waals surface area contributed by atoms with Crippen molar-refractivity contribution in [2.45, 2.75) is 18.7 Å². The van der Waals surface area contributed by atoms with Crippen LogP contribution >= 0.6 is 40.9 Å². The molecule has 0 radical (unpaired) electrons. The van der Waals surface area contributed by atoms with Gasteiger partial charge in [-0.15, -0.1) is 12.6 Å². The Morgan fingerprint density at radius 1 is 1.52 bits per heavy atom. The van der Waals surface area contributed by atoms with Gasteiger partial charge in [-0.25, -0.2) is 4.39 Å².